The van der Waals surface area contributed by atoms with Crippen LogP contribution in [0.1, 0.15) is 329 Å². The normalized spacial score (nSPS) is 12.6. The molecule has 0 aromatic rings. The van der Waals surface area contributed by atoms with Crippen molar-refractivity contribution in [3.05, 3.63) is 85.1 Å². The summed E-state index contributed by atoms with van der Waals surface area (Å²) in [5.41, 5.74) is 0. The van der Waals surface area contributed by atoms with Gasteiger partial charge < -0.3 is 14.2 Å². The van der Waals surface area contributed by atoms with Gasteiger partial charge in [0.15, 0.2) is 6.10 Å². The summed E-state index contributed by atoms with van der Waals surface area (Å²) in [6.07, 6.45) is 85.9. The van der Waals surface area contributed by atoms with Gasteiger partial charge in [0.2, 0.25) is 0 Å². The summed E-state index contributed by atoms with van der Waals surface area (Å²) in [6, 6.07) is 0. The predicted octanol–water partition coefficient (Wildman–Crippen LogP) is 22.7. The Bertz CT molecular complexity index is 1470. The van der Waals surface area contributed by atoms with E-state index in [4.69, 9.17) is 14.2 Å². The van der Waals surface area contributed by atoms with Gasteiger partial charge in [0.1, 0.15) is 13.2 Å². The van der Waals surface area contributed by atoms with Gasteiger partial charge in [-0.25, -0.2) is 0 Å². The lowest BCUT2D eigenvalue weighted by atomic mass is 10.0. The van der Waals surface area contributed by atoms with Crippen LogP contribution in [0, 0.1) is 0 Å². The van der Waals surface area contributed by atoms with Crippen LogP contribution in [0.5, 0.6) is 0 Å². The first-order valence-electron chi connectivity index (χ1n) is 33.1. The van der Waals surface area contributed by atoms with Gasteiger partial charge in [0.25, 0.3) is 0 Å². The Hall–Kier alpha value is -3.41. The van der Waals surface area contributed by atoms with E-state index in [0.29, 0.717) is 19.3 Å². The Kier molecular flexibility index (Phi) is 62.2. The van der Waals surface area contributed by atoms with Crippen LogP contribution in [0.2, 0.25) is 0 Å². The molecule has 0 N–H and O–H groups in total. The number of ether oxygens (including phenoxy) is 3. The molecule has 0 fully saturated rings. The maximum Gasteiger partial charge on any atom is 0.306 e. The standard InChI is InChI=1S/C71H124O6/c1-4-7-10-13-16-19-22-25-28-30-31-32-33-34-35-36-37-38-39-41-43-46-49-52-55-58-61-64-70(73)76-67-68(66-75-69(72)63-60-57-54-51-48-45-42-27-24-21-18-15-12-9-6-3)77-71(74)65-62-59-56-53-50-47-44-40-29-26-23-20-17-14-11-8-5-2/h7,10,16,19,25-29,31-32,34-35,42,68H,4-6,8-9,11-15,17-18,20-24,30,33,36-41,43-67H2,1-3H3/b10-7-,19-16-,28-25-,29-26-,32-31-,35-34-,42-27-. The summed E-state index contributed by atoms with van der Waals surface area (Å²) in [5.74, 6) is -0.882. The lowest BCUT2D eigenvalue weighted by Gasteiger charge is -2.18. The van der Waals surface area contributed by atoms with Crippen molar-refractivity contribution in [2.75, 3.05) is 13.2 Å². The number of hydrogen-bond donors (Lipinski definition) is 0. The van der Waals surface area contributed by atoms with Gasteiger partial charge in [-0.05, 0) is 116 Å². The molecule has 0 aliphatic carbocycles. The fourth-order valence-electron chi connectivity index (χ4n) is 9.40. The summed E-state index contributed by atoms with van der Waals surface area (Å²) in [4.78, 5) is 38.4. The highest BCUT2D eigenvalue weighted by atomic mass is 16.6. The van der Waals surface area contributed by atoms with Crippen molar-refractivity contribution in [1.82, 2.24) is 0 Å². The molecule has 0 aliphatic heterocycles. The Balaban J connectivity index is 4.31. The van der Waals surface area contributed by atoms with Crippen LogP contribution in [0.25, 0.3) is 0 Å². The molecule has 0 aromatic heterocycles. The monoisotopic (exact) mass is 1070 g/mol. The molecule has 444 valence electrons. The molecule has 1 atom stereocenters. The van der Waals surface area contributed by atoms with E-state index >= 15 is 0 Å². The number of carbonyl (C=O) groups excluding carboxylic acids is 3. The maximum absolute atomic E-state index is 12.9. The SMILES string of the molecule is CC/C=C\C/C=C\C/C=C\C/C=C\C/C=C\CCCCCCCCCCCCCC(=O)OCC(COC(=O)CCCCCCC/C=C\CCCCCCCC)OC(=O)CCCCCCCCC/C=C\CCCCCCCC. The minimum absolute atomic E-state index is 0.0805. The van der Waals surface area contributed by atoms with Crippen LogP contribution in [-0.2, 0) is 28.6 Å². The Labute approximate surface area is 477 Å². The summed E-state index contributed by atoms with van der Waals surface area (Å²) < 4.78 is 16.9. The highest BCUT2D eigenvalue weighted by Crippen LogP contribution is 2.16. The molecule has 0 radical (unpaired) electrons. The van der Waals surface area contributed by atoms with Crippen LogP contribution in [0.4, 0.5) is 0 Å². The smallest absolute Gasteiger partial charge is 0.306 e. The molecule has 0 saturated heterocycles. The van der Waals surface area contributed by atoms with Crippen LogP contribution in [0.3, 0.4) is 0 Å². The molecule has 0 aliphatic rings. The molecule has 6 nitrogen and oxygen atoms in total. The summed E-state index contributed by atoms with van der Waals surface area (Å²) in [6.45, 7) is 6.54. The summed E-state index contributed by atoms with van der Waals surface area (Å²) >= 11 is 0. The lowest BCUT2D eigenvalue weighted by Crippen LogP contribution is -2.30. The largest absolute Gasteiger partial charge is 0.462 e. The predicted molar refractivity (Wildman–Crippen MR) is 334 cm³/mol. The molecule has 0 aromatic carbocycles. The highest BCUT2D eigenvalue weighted by molar-refractivity contribution is 5.71. The average Bonchev–Trinajstić information content (AvgIpc) is 3.43. The summed E-state index contributed by atoms with van der Waals surface area (Å²) in [5, 5.41) is 0. The minimum Gasteiger partial charge on any atom is -0.462 e. The Morgan fingerprint density at radius 2 is 0.506 bits per heavy atom. The van der Waals surface area contributed by atoms with Crippen LogP contribution >= 0.6 is 0 Å². The lowest BCUT2D eigenvalue weighted by molar-refractivity contribution is -0.167. The zero-order chi connectivity index (χ0) is 55.7. The van der Waals surface area contributed by atoms with Crippen molar-refractivity contribution < 1.29 is 28.6 Å². The van der Waals surface area contributed by atoms with Crippen LogP contribution < -0.4 is 0 Å². The molecule has 0 rings (SSSR count). The molecule has 1 unspecified atom stereocenters. The highest BCUT2D eigenvalue weighted by Gasteiger charge is 2.19. The summed E-state index contributed by atoms with van der Waals surface area (Å²) in [7, 11) is 0. The van der Waals surface area contributed by atoms with Crippen molar-refractivity contribution in [3.63, 3.8) is 0 Å². The van der Waals surface area contributed by atoms with E-state index in [1.807, 2.05) is 0 Å². The first kappa shape index (κ1) is 73.6. The van der Waals surface area contributed by atoms with Crippen molar-refractivity contribution in [2.45, 2.75) is 335 Å². The van der Waals surface area contributed by atoms with E-state index in [9.17, 15) is 14.4 Å². The fraction of sp³-hybridized carbons (Fsp3) is 0.761. The first-order valence-corrected chi connectivity index (χ1v) is 33.1. The average molecular weight is 1070 g/mol. The molecule has 0 spiro atoms. The minimum atomic E-state index is -0.784. The first-order chi connectivity index (χ1) is 38.0. The van der Waals surface area contributed by atoms with E-state index in [2.05, 4.69) is 106 Å². The molecule has 0 saturated carbocycles. The number of unbranched alkanes of at least 4 members (excludes halogenated alkanes) is 35. The van der Waals surface area contributed by atoms with Gasteiger partial charge in [-0.2, -0.15) is 0 Å². The van der Waals surface area contributed by atoms with Gasteiger partial charge in [-0.15, -0.1) is 0 Å². The fourth-order valence-corrected chi connectivity index (χ4v) is 9.40. The van der Waals surface area contributed by atoms with E-state index < -0.39 is 6.10 Å². The van der Waals surface area contributed by atoms with Gasteiger partial charge in [0, 0.05) is 19.3 Å². The number of rotatable bonds is 60. The van der Waals surface area contributed by atoms with E-state index in [1.165, 1.54) is 193 Å². The second-order valence-corrected chi connectivity index (χ2v) is 22.0. The molecular weight excluding hydrogens is 949 g/mol. The zero-order valence-corrected chi connectivity index (χ0v) is 51.0. The molecule has 0 heterocycles. The van der Waals surface area contributed by atoms with Crippen molar-refractivity contribution in [1.29, 1.82) is 0 Å². The van der Waals surface area contributed by atoms with E-state index in [-0.39, 0.29) is 31.1 Å². The molecule has 6 heteroatoms. The second kappa shape index (κ2) is 65.1. The number of carbonyl (C=O) groups is 3. The Morgan fingerprint density at radius 3 is 0.805 bits per heavy atom. The van der Waals surface area contributed by atoms with Crippen LogP contribution in [0.15, 0.2) is 85.1 Å². The molecule has 77 heavy (non-hydrogen) atoms. The van der Waals surface area contributed by atoms with Crippen molar-refractivity contribution in [2.24, 2.45) is 0 Å². The molecule has 0 amide bonds. The second-order valence-electron chi connectivity index (χ2n) is 22.0. The third-order valence-electron chi connectivity index (χ3n) is 14.4. The molecular formula is C71H124O6. The van der Waals surface area contributed by atoms with Gasteiger partial charge >= 0.3 is 17.9 Å². The van der Waals surface area contributed by atoms with Crippen molar-refractivity contribution >= 4 is 17.9 Å². The van der Waals surface area contributed by atoms with E-state index in [1.54, 1.807) is 0 Å². The number of hydrogen-bond acceptors (Lipinski definition) is 6. The third-order valence-corrected chi connectivity index (χ3v) is 14.4. The topological polar surface area (TPSA) is 78.9 Å². The quantitative estimate of drug-likeness (QED) is 0.0261. The van der Waals surface area contributed by atoms with Gasteiger partial charge in [0.05, 0.1) is 0 Å². The van der Waals surface area contributed by atoms with Crippen LogP contribution in [-0.4, -0.2) is 37.2 Å². The van der Waals surface area contributed by atoms with Gasteiger partial charge in [-0.3, -0.25) is 14.4 Å². The zero-order valence-electron chi connectivity index (χ0n) is 51.0. The molecule has 0 bridgehead atoms. The van der Waals surface area contributed by atoms with Gasteiger partial charge in [-0.1, -0.05) is 279 Å². The Morgan fingerprint density at radius 1 is 0.273 bits per heavy atom. The maximum atomic E-state index is 12.9. The number of allylic oxidation sites excluding steroid dienone is 14. The third kappa shape index (κ3) is 63.3. The van der Waals surface area contributed by atoms with Crippen molar-refractivity contribution in [3.8, 4) is 0 Å². The van der Waals surface area contributed by atoms with E-state index in [0.717, 1.165) is 96.3 Å². The number of esters is 3.